The second kappa shape index (κ2) is 5.80. The molecule has 100 valence electrons. The molecule has 0 heterocycles. The summed E-state index contributed by atoms with van der Waals surface area (Å²) in [6.07, 6.45) is 0. The second-order valence-electron chi connectivity index (χ2n) is 3.93. The molecule has 0 unspecified atom stereocenters. The van der Waals surface area contributed by atoms with Gasteiger partial charge in [0.1, 0.15) is 12.4 Å². The Balaban J connectivity index is 2.24. The average Bonchev–Trinajstić information content (AvgIpc) is 2.46. The number of nitro benzene ring substituents is 1. The molecule has 0 atom stereocenters. The number of hydrogen-bond donors (Lipinski definition) is 0. The molecule has 2 rings (SSSR count). The molecule has 0 aromatic heterocycles. The summed E-state index contributed by atoms with van der Waals surface area (Å²) in [5, 5.41) is 19.6. The Morgan fingerprint density at radius 2 is 2.05 bits per heavy atom. The van der Waals surface area contributed by atoms with Crippen LogP contribution in [0.15, 0.2) is 42.5 Å². The molecule has 0 saturated carbocycles. The van der Waals surface area contributed by atoms with Gasteiger partial charge in [0.2, 0.25) is 0 Å². The molecule has 2 aromatic rings. The summed E-state index contributed by atoms with van der Waals surface area (Å²) < 4.78 is 18.7. The van der Waals surface area contributed by atoms with E-state index in [-0.39, 0.29) is 23.6 Å². The summed E-state index contributed by atoms with van der Waals surface area (Å²) in [5.41, 5.74) is 0.140. The quantitative estimate of drug-likeness (QED) is 0.632. The number of hydrogen-bond acceptors (Lipinski definition) is 4. The maximum absolute atomic E-state index is 13.4. The normalized spacial score (nSPS) is 9.80. The first kappa shape index (κ1) is 13.5. The number of ether oxygens (including phenoxy) is 1. The first-order chi connectivity index (χ1) is 9.61. The standard InChI is InChI=1S/C14H9FN2O3/c15-12-4-2-1-3-11(12)9-20-14-6-5-10(8-16)7-13(14)17(18)19/h1-7H,9H2. The molecule has 0 spiro atoms. The Bertz CT molecular complexity index is 695. The average molecular weight is 272 g/mol. The number of nitro groups is 1. The van der Waals surface area contributed by atoms with Crippen molar-refractivity contribution in [3.8, 4) is 11.8 Å². The first-order valence-electron chi connectivity index (χ1n) is 5.66. The smallest absolute Gasteiger partial charge is 0.312 e. The summed E-state index contributed by atoms with van der Waals surface area (Å²) in [7, 11) is 0. The SMILES string of the molecule is N#Cc1ccc(OCc2ccccc2F)c([N+](=O)[O-])c1. The minimum atomic E-state index is -0.641. The van der Waals surface area contributed by atoms with Gasteiger partial charge in [-0.1, -0.05) is 18.2 Å². The maximum Gasteiger partial charge on any atom is 0.312 e. The van der Waals surface area contributed by atoms with Gasteiger partial charge in [-0.25, -0.2) is 4.39 Å². The van der Waals surface area contributed by atoms with Gasteiger partial charge in [0.05, 0.1) is 16.6 Å². The van der Waals surface area contributed by atoms with Gasteiger partial charge in [0.15, 0.2) is 5.75 Å². The molecule has 0 bridgehead atoms. The van der Waals surface area contributed by atoms with Crippen LogP contribution in [0.25, 0.3) is 0 Å². The number of benzene rings is 2. The fourth-order valence-electron chi connectivity index (χ4n) is 1.62. The van der Waals surface area contributed by atoms with E-state index in [4.69, 9.17) is 10.00 Å². The van der Waals surface area contributed by atoms with Crippen molar-refractivity contribution in [2.45, 2.75) is 6.61 Å². The van der Waals surface area contributed by atoms with Crippen LogP contribution < -0.4 is 4.74 Å². The summed E-state index contributed by atoms with van der Waals surface area (Å²) in [4.78, 5) is 10.3. The number of nitriles is 1. The van der Waals surface area contributed by atoms with Crippen molar-refractivity contribution in [3.05, 3.63) is 69.5 Å². The molecule has 0 aliphatic heterocycles. The Labute approximate surface area is 114 Å². The molecule has 6 heteroatoms. The Kier molecular flexibility index (Phi) is 3.91. The van der Waals surface area contributed by atoms with Crippen LogP contribution in [0.5, 0.6) is 5.75 Å². The van der Waals surface area contributed by atoms with Gasteiger partial charge in [-0.05, 0) is 18.2 Å². The molecule has 0 N–H and O–H groups in total. The fraction of sp³-hybridized carbons (Fsp3) is 0.0714. The lowest BCUT2D eigenvalue weighted by molar-refractivity contribution is -0.386. The predicted octanol–water partition coefficient (Wildman–Crippen LogP) is 3.18. The lowest BCUT2D eigenvalue weighted by Gasteiger charge is -2.07. The number of rotatable bonds is 4. The van der Waals surface area contributed by atoms with Crippen LogP contribution in [0.1, 0.15) is 11.1 Å². The largest absolute Gasteiger partial charge is 0.482 e. The predicted molar refractivity (Wildman–Crippen MR) is 68.5 cm³/mol. The Morgan fingerprint density at radius 3 is 2.70 bits per heavy atom. The van der Waals surface area contributed by atoms with Crippen molar-refractivity contribution in [1.82, 2.24) is 0 Å². The van der Waals surface area contributed by atoms with Crippen LogP contribution in [0.4, 0.5) is 10.1 Å². The van der Waals surface area contributed by atoms with E-state index < -0.39 is 10.7 Å². The van der Waals surface area contributed by atoms with Gasteiger partial charge in [0.25, 0.3) is 0 Å². The van der Waals surface area contributed by atoms with Crippen molar-refractivity contribution in [2.24, 2.45) is 0 Å². The highest BCUT2D eigenvalue weighted by Crippen LogP contribution is 2.28. The molecule has 0 aliphatic carbocycles. The fourth-order valence-corrected chi connectivity index (χ4v) is 1.62. The minimum absolute atomic E-state index is 0.00254. The van der Waals surface area contributed by atoms with Crippen LogP contribution in [0.3, 0.4) is 0 Å². The highest BCUT2D eigenvalue weighted by atomic mass is 19.1. The third kappa shape index (κ3) is 2.90. The second-order valence-corrected chi connectivity index (χ2v) is 3.93. The lowest BCUT2D eigenvalue weighted by Crippen LogP contribution is -2.01. The molecule has 0 amide bonds. The topological polar surface area (TPSA) is 76.2 Å². The minimum Gasteiger partial charge on any atom is -0.482 e. The van der Waals surface area contributed by atoms with Gasteiger partial charge in [-0.2, -0.15) is 5.26 Å². The summed E-state index contributed by atoms with van der Waals surface area (Å²) in [6, 6.07) is 11.7. The van der Waals surface area contributed by atoms with Crippen molar-refractivity contribution in [2.75, 3.05) is 0 Å². The Morgan fingerprint density at radius 1 is 1.30 bits per heavy atom. The molecule has 0 aliphatic rings. The molecule has 0 fully saturated rings. The van der Waals surface area contributed by atoms with E-state index in [1.165, 1.54) is 24.3 Å². The third-order valence-corrected chi connectivity index (χ3v) is 2.63. The van der Waals surface area contributed by atoms with Crippen LogP contribution in [0.2, 0.25) is 0 Å². The van der Waals surface area contributed by atoms with Gasteiger partial charge < -0.3 is 4.74 Å². The number of halogens is 1. The van der Waals surface area contributed by atoms with Gasteiger partial charge in [-0.3, -0.25) is 10.1 Å². The Hall–Kier alpha value is -2.94. The van der Waals surface area contributed by atoms with E-state index in [2.05, 4.69) is 0 Å². The zero-order valence-electron chi connectivity index (χ0n) is 10.2. The van der Waals surface area contributed by atoms with E-state index in [0.29, 0.717) is 5.56 Å². The van der Waals surface area contributed by atoms with E-state index in [1.54, 1.807) is 12.1 Å². The van der Waals surface area contributed by atoms with Gasteiger partial charge >= 0.3 is 5.69 Å². The zero-order valence-corrected chi connectivity index (χ0v) is 10.2. The van der Waals surface area contributed by atoms with Crippen LogP contribution in [-0.2, 0) is 6.61 Å². The lowest BCUT2D eigenvalue weighted by atomic mass is 10.2. The van der Waals surface area contributed by atoms with Gasteiger partial charge in [-0.15, -0.1) is 0 Å². The molecule has 20 heavy (non-hydrogen) atoms. The van der Waals surface area contributed by atoms with Crippen LogP contribution in [-0.4, -0.2) is 4.92 Å². The van der Waals surface area contributed by atoms with Crippen molar-refractivity contribution < 1.29 is 14.1 Å². The first-order valence-corrected chi connectivity index (χ1v) is 5.66. The summed E-state index contributed by atoms with van der Waals surface area (Å²) in [5.74, 6) is -0.443. The molecule has 0 saturated heterocycles. The molecule has 0 radical (unpaired) electrons. The van der Waals surface area contributed by atoms with Gasteiger partial charge in [0, 0.05) is 11.6 Å². The zero-order chi connectivity index (χ0) is 14.5. The van der Waals surface area contributed by atoms with Crippen molar-refractivity contribution in [1.29, 1.82) is 5.26 Å². The van der Waals surface area contributed by atoms with E-state index in [1.807, 2.05) is 6.07 Å². The van der Waals surface area contributed by atoms with Crippen LogP contribution >= 0.6 is 0 Å². The monoisotopic (exact) mass is 272 g/mol. The molecule has 2 aromatic carbocycles. The van der Waals surface area contributed by atoms with E-state index >= 15 is 0 Å². The molecular weight excluding hydrogens is 263 g/mol. The van der Waals surface area contributed by atoms with E-state index in [9.17, 15) is 14.5 Å². The maximum atomic E-state index is 13.4. The summed E-state index contributed by atoms with van der Waals surface area (Å²) in [6.45, 7) is -0.126. The third-order valence-electron chi connectivity index (χ3n) is 2.63. The summed E-state index contributed by atoms with van der Waals surface area (Å²) >= 11 is 0. The number of nitrogens with zero attached hydrogens (tertiary/aromatic N) is 2. The van der Waals surface area contributed by atoms with E-state index in [0.717, 1.165) is 6.07 Å². The van der Waals surface area contributed by atoms with Crippen LogP contribution in [0, 0.1) is 27.3 Å². The highest BCUT2D eigenvalue weighted by molar-refractivity contribution is 5.51. The highest BCUT2D eigenvalue weighted by Gasteiger charge is 2.16. The van der Waals surface area contributed by atoms with Crippen molar-refractivity contribution >= 4 is 5.69 Å². The van der Waals surface area contributed by atoms with Crippen molar-refractivity contribution in [3.63, 3.8) is 0 Å². The molecule has 5 nitrogen and oxygen atoms in total. The molecular formula is C14H9FN2O3.